The average molecular weight is 389 g/mol. The fraction of sp³-hybridized carbons (Fsp3) is 0.286. The number of hydrogen-bond acceptors (Lipinski definition) is 6. The van der Waals surface area contributed by atoms with Gasteiger partial charge in [-0.25, -0.2) is 22.0 Å². The van der Waals surface area contributed by atoms with Crippen molar-refractivity contribution in [2.75, 3.05) is 17.9 Å². The molecule has 0 spiro atoms. The van der Waals surface area contributed by atoms with Crippen molar-refractivity contribution in [3.63, 3.8) is 0 Å². The second-order valence-corrected chi connectivity index (χ2v) is 6.96. The maximum absolute atomic E-state index is 13.1. The Hall–Kier alpha value is -2.89. The smallest absolute Gasteiger partial charge is 0.339 e. The summed E-state index contributed by atoms with van der Waals surface area (Å²) >= 11 is 0. The zero-order chi connectivity index (χ0) is 19.1. The number of aromatic carboxylic acids is 1. The number of sulfonamides is 1. The van der Waals surface area contributed by atoms with Crippen LogP contribution in [0.15, 0.2) is 23.2 Å². The Bertz CT molecular complexity index is 973. The monoisotopic (exact) mass is 389 g/mol. The molecule has 3 rings (SSSR count). The molecule has 0 saturated heterocycles. The lowest BCUT2D eigenvalue weighted by molar-refractivity contribution is 0.0685. The van der Waals surface area contributed by atoms with Gasteiger partial charge in [0.1, 0.15) is 24.5 Å². The van der Waals surface area contributed by atoms with Gasteiger partial charge in [0.05, 0.1) is 16.8 Å². The molecule has 0 atom stereocenters. The van der Waals surface area contributed by atoms with Crippen LogP contribution in [-0.4, -0.2) is 42.5 Å². The van der Waals surface area contributed by atoms with Crippen LogP contribution in [0, 0.1) is 0 Å². The van der Waals surface area contributed by atoms with E-state index in [1.165, 1.54) is 7.05 Å². The third-order valence-electron chi connectivity index (χ3n) is 3.59. The van der Waals surface area contributed by atoms with Gasteiger partial charge in [0.25, 0.3) is 16.4 Å². The molecule has 0 aliphatic carbocycles. The van der Waals surface area contributed by atoms with Crippen molar-refractivity contribution in [3.05, 3.63) is 29.6 Å². The Balaban J connectivity index is 2.05. The van der Waals surface area contributed by atoms with E-state index in [1.54, 1.807) is 0 Å². The Morgan fingerprint density at radius 2 is 2.04 bits per heavy atom. The van der Waals surface area contributed by atoms with Gasteiger partial charge in [0.15, 0.2) is 11.5 Å². The van der Waals surface area contributed by atoms with Crippen molar-refractivity contribution in [2.45, 2.75) is 11.3 Å². The van der Waals surface area contributed by atoms with E-state index in [9.17, 15) is 27.1 Å². The van der Waals surface area contributed by atoms with Crippen molar-refractivity contribution in [1.29, 1.82) is 0 Å². The van der Waals surface area contributed by atoms with Crippen LogP contribution < -0.4 is 14.2 Å². The van der Waals surface area contributed by atoms with Gasteiger partial charge < -0.3 is 14.6 Å². The van der Waals surface area contributed by atoms with E-state index >= 15 is 0 Å². The minimum Gasteiger partial charge on any atom is -0.486 e. The molecule has 9 nitrogen and oxygen atoms in total. The minimum atomic E-state index is -4.38. The molecule has 0 saturated carbocycles. The van der Waals surface area contributed by atoms with Crippen LogP contribution in [0.4, 0.5) is 14.5 Å². The van der Waals surface area contributed by atoms with Crippen LogP contribution in [0.5, 0.6) is 11.5 Å². The number of ether oxygens (including phenoxy) is 2. The Morgan fingerprint density at radius 1 is 1.35 bits per heavy atom. The molecule has 0 amide bonds. The number of carboxylic acid groups (broad SMARTS) is 1. The second kappa shape index (κ2) is 6.44. The number of rotatable bonds is 5. The molecule has 0 fully saturated rings. The SMILES string of the molecule is Cn1ncc(NS(=O)(=O)c2cc3c(c(C(=O)O)c2)OCCO3)c1C(F)F. The van der Waals surface area contributed by atoms with Crippen molar-refractivity contribution in [3.8, 4) is 11.5 Å². The number of aromatic nitrogens is 2. The molecule has 1 aliphatic heterocycles. The highest BCUT2D eigenvalue weighted by molar-refractivity contribution is 7.92. The Kier molecular flexibility index (Phi) is 4.44. The summed E-state index contributed by atoms with van der Waals surface area (Å²) in [5, 5.41) is 12.9. The molecule has 1 aromatic heterocycles. The van der Waals surface area contributed by atoms with Crippen LogP contribution in [0.1, 0.15) is 22.5 Å². The summed E-state index contributed by atoms with van der Waals surface area (Å²) in [4.78, 5) is 10.9. The van der Waals surface area contributed by atoms with Gasteiger partial charge in [-0.05, 0) is 6.07 Å². The summed E-state index contributed by atoms with van der Waals surface area (Å²) in [7, 11) is -3.14. The number of fused-ring (bicyclic) bond motifs is 1. The molecule has 0 unspecified atom stereocenters. The molecule has 1 aliphatic rings. The maximum atomic E-state index is 13.1. The first kappa shape index (κ1) is 17.9. The van der Waals surface area contributed by atoms with E-state index in [2.05, 4.69) is 5.10 Å². The predicted molar refractivity (Wildman–Crippen MR) is 83.4 cm³/mol. The zero-order valence-corrected chi connectivity index (χ0v) is 14.1. The van der Waals surface area contributed by atoms with Crippen LogP contribution in [0.25, 0.3) is 0 Å². The lowest BCUT2D eigenvalue weighted by atomic mass is 10.2. The van der Waals surface area contributed by atoms with Crippen molar-refractivity contribution < 1.29 is 36.6 Å². The highest BCUT2D eigenvalue weighted by atomic mass is 32.2. The van der Waals surface area contributed by atoms with Crippen LogP contribution >= 0.6 is 0 Å². The van der Waals surface area contributed by atoms with E-state index in [4.69, 9.17) is 9.47 Å². The van der Waals surface area contributed by atoms with Gasteiger partial charge in [-0.3, -0.25) is 9.40 Å². The summed E-state index contributed by atoms with van der Waals surface area (Å²) < 4.78 is 64.6. The fourth-order valence-corrected chi connectivity index (χ4v) is 3.53. The number of carboxylic acids is 1. The third kappa shape index (κ3) is 3.14. The summed E-state index contributed by atoms with van der Waals surface area (Å²) in [5.41, 5.74) is -1.44. The van der Waals surface area contributed by atoms with Gasteiger partial charge in [-0.2, -0.15) is 5.10 Å². The normalized spacial score (nSPS) is 13.7. The highest BCUT2D eigenvalue weighted by Gasteiger charge is 2.28. The number of hydrogen-bond donors (Lipinski definition) is 2. The Labute approximate surface area is 146 Å². The molecule has 12 heteroatoms. The molecule has 2 aromatic rings. The number of anilines is 1. The Morgan fingerprint density at radius 3 is 2.69 bits per heavy atom. The zero-order valence-electron chi connectivity index (χ0n) is 13.3. The minimum absolute atomic E-state index is 0.0585. The molecule has 0 bridgehead atoms. The number of halogens is 2. The van der Waals surface area contributed by atoms with E-state index in [-0.39, 0.29) is 24.7 Å². The van der Waals surface area contributed by atoms with Crippen molar-refractivity contribution >= 4 is 21.7 Å². The van der Waals surface area contributed by atoms with Gasteiger partial charge in [0, 0.05) is 13.1 Å². The summed E-state index contributed by atoms with van der Waals surface area (Å²) in [5.74, 6) is -1.56. The molecular formula is C14H13F2N3O6S. The number of nitrogens with zero attached hydrogens (tertiary/aromatic N) is 2. The van der Waals surface area contributed by atoms with Gasteiger partial charge in [-0.1, -0.05) is 0 Å². The largest absolute Gasteiger partial charge is 0.486 e. The van der Waals surface area contributed by atoms with Crippen molar-refractivity contribution in [1.82, 2.24) is 9.78 Å². The van der Waals surface area contributed by atoms with Gasteiger partial charge in [0.2, 0.25) is 0 Å². The fourth-order valence-electron chi connectivity index (χ4n) is 2.43. The van der Waals surface area contributed by atoms with E-state index < -0.39 is 44.3 Å². The van der Waals surface area contributed by atoms with E-state index in [0.717, 1.165) is 23.0 Å². The van der Waals surface area contributed by atoms with Gasteiger partial charge >= 0.3 is 5.97 Å². The third-order valence-corrected chi connectivity index (χ3v) is 4.94. The second-order valence-electron chi connectivity index (χ2n) is 5.27. The topological polar surface area (TPSA) is 120 Å². The summed E-state index contributed by atoms with van der Waals surface area (Å²) in [6, 6.07) is 1.94. The maximum Gasteiger partial charge on any atom is 0.339 e. The molecule has 140 valence electrons. The number of carbonyl (C=O) groups is 1. The van der Waals surface area contributed by atoms with Crippen LogP contribution in [0.2, 0.25) is 0 Å². The van der Waals surface area contributed by atoms with E-state index in [0.29, 0.717) is 0 Å². The first-order valence-corrected chi connectivity index (χ1v) is 8.69. The average Bonchev–Trinajstić information content (AvgIpc) is 2.93. The first-order chi connectivity index (χ1) is 12.2. The summed E-state index contributed by atoms with van der Waals surface area (Å²) in [6.07, 6.45) is -2.02. The molecular weight excluding hydrogens is 376 g/mol. The molecule has 1 aromatic carbocycles. The van der Waals surface area contributed by atoms with Gasteiger partial charge in [-0.15, -0.1) is 0 Å². The summed E-state index contributed by atoms with van der Waals surface area (Å²) in [6.45, 7) is 0.228. The molecule has 26 heavy (non-hydrogen) atoms. The predicted octanol–water partition coefficient (Wildman–Crippen LogP) is 1.63. The molecule has 0 radical (unpaired) electrons. The molecule has 2 N–H and O–H groups in total. The lowest BCUT2D eigenvalue weighted by Crippen LogP contribution is -2.20. The number of nitrogens with one attached hydrogen (secondary N) is 1. The number of alkyl halides is 2. The molecule has 2 heterocycles. The highest BCUT2D eigenvalue weighted by Crippen LogP contribution is 2.37. The first-order valence-electron chi connectivity index (χ1n) is 7.20. The lowest BCUT2D eigenvalue weighted by Gasteiger charge is -2.21. The van der Waals surface area contributed by atoms with Crippen LogP contribution in [0.3, 0.4) is 0 Å². The van der Waals surface area contributed by atoms with Crippen LogP contribution in [-0.2, 0) is 17.1 Å². The number of aryl methyl sites for hydroxylation is 1. The number of benzene rings is 1. The van der Waals surface area contributed by atoms with Crippen molar-refractivity contribution in [2.24, 2.45) is 7.05 Å². The standard InChI is InChI=1S/C14H13F2N3O6S/c1-19-11(13(15)16)9(6-17-19)18-26(22,23)7-4-8(14(20)21)12-10(5-7)24-2-3-25-12/h4-6,13,18H,2-3H2,1H3,(H,20,21). The quantitative estimate of drug-likeness (QED) is 0.797. The van der Waals surface area contributed by atoms with E-state index in [1.807, 2.05) is 4.72 Å².